The third kappa shape index (κ3) is 4.23. The number of aliphatic hydroxyl groups is 1. The maximum absolute atomic E-state index is 8.88. The van der Waals surface area contributed by atoms with Crippen molar-refractivity contribution >= 4 is 45.0 Å². The number of aromatic nitrogens is 2. The van der Waals surface area contributed by atoms with Crippen LogP contribution in [0.2, 0.25) is 0 Å². The highest BCUT2D eigenvalue weighted by Crippen LogP contribution is 2.37. The summed E-state index contributed by atoms with van der Waals surface area (Å²) >= 11 is 2.28. The van der Waals surface area contributed by atoms with E-state index in [2.05, 4.69) is 49.3 Å². The summed E-state index contributed by atoms with van der Waals surface area (Å²) in [4.78, 5) is 8.76. The highest BCUT2D eigenvalue weighted by molar-refractivity contribution is 14.1. The van der Waals surface area contributed by atoms with Crippen LogP contribution in [-0.4, -0.2) is 47.5 Å². The number of hydrogen-bond acceptors (Lipinski definition) is 7. The van der Waals surface area contributed by atoms with Crippen LogP contribution in [-0.2, 0) is 0 Å². The van der Waals surface area contributed by atoms with Gasteiger partial charge in [0.25, 0.3) is 0 Å². The Balaban J connectivity index is 1.62. The highest BCUT2D eigenvalue weighted by Gasteiger charge is 2.22. The van der Waals surface area contributed by atoms with Crippen LogP contribution < -0.4 is 20.1 Å². The van der Waals surface area contributed by atoms with Crippen LogP contribution in [0.15, 0.2) is 42.7 Å². The Hall–Kier alpha value is -2.17. The average Bonchev–Trinajstić information content (AvgIpc) is 2.67. The van der Waals surface area contributed by atoms with Gasteiger partial charge in [0.1, 0.15) is 24.9 Å². The van der Waals surface area contributed by atoms with Crippen LogP contribution in [0.25, 0.3) is 10.9 Å². The molecular formula is C19H19IN4O3. The van der Waals surface area contributed by atoms with Crippen molar-refractivity contribution < 1.29 is 14.6 Å². The first kappa shape index (κ1) is 18.2. The van der Waals surface area contributed by atoms with Gasteiger partial charge in [-0.05, 0) is 46.9 Å². The van der Waals surface area contributed by atoms with E-state index >= 15 is 0 Å². The molecule has 3 aromatic rings. The quantitative estimate of drug-likeness (QED) is 0.371. The van der Waals surface area contributed by atoms with Gasteiger partial charge in [-0.25, -0.2) is 9.97 Å². The molecule has 0 fully saturated rings. The molecule has 4 rings (SSSR count). The van der Waals surface area contributed by atoms with Crippen molar-refractivity contribution in [3.8, 4) is 11.5 Å². The molecule has 2 heterocycles. The first-order valence-corrected chi connectivity index (χ1v) is 9.73. The number of ether oxygens (including phenoxy) is 2. The van der Waals surface area contributed by atoms with Crippen LogP contribution in [0.4, 0.5) is 11.5 Å². The minimum atomic E-state index is -0.113. The van der Waals surface area contributed by atoms with E-state index in [1.54, 1.807) is 0 Å². The van der Waals surface area contributed by atoms with Crippen molar-refractivity contribution in [1.82, 2.24) is 15.3 Å². The lowest BCUT2D eigenvalue weighted by molar-refractivity contribution is 0.0898. The van der Waals surface area contributed by atoms with Crippen LogP contribution in [0, 0.1) is 3.57 Å². The lowest BCUT2D eigenvalue weighted by atomic mass is 10.2. The fraction of sp³-hybridized carbons (Fsp3) is 0.263. The summed E-state index contributed by atoms with van der Waals surface area (Å²) in [7, 11) is 0. The fourth-order valence-corrected chi connectivity index (χ4v) is 3.45. The predicted molar refractivity (Wildman–Crippen MR) is 112 cm³/mol. The molecule has 0 aliphatic carbocycles. The number of halogens is 1. The number of nitrogens with one attached hydrogen (secondary N) is 2. The van der Waals surface area contributed by atoms with E-state index in [0.29, 0.717) is 37.0 Å². The van der Waals surface area contributed by atoms with E-state index in [0.717, 1.165) is 20.2 Å². The minimum Gasteiger partial charge on any atom is -0.486 e. The van der Waals surface area contributed by atoms with Crippen molar-refractivity contribution in [3.05, 3.63) is 46.3 Å². The lowest BCUT2D eigenvalue weighted by Gasteiger charge is -2.27. The number of benzene rings is 2. The Morgan fingerprint density at radius 1 is 1.19 bits per heavy atom. The van der Waals surface area contributed by atoms with Crippen molar-refractivity contribution in [2.45, 2.75) is 6.10 Å². The van der Waals surface area contributed by atoms with E-state index < -0.39 is 0 Å². The SMILES string of the molecule is OCCNCC1COc2cc3ncnc(Nc4cccc(I)c4)c3cc2O1. The molecule has 140 valence electrons. The van der Waals surface area contributed by atoms with Crippen LogP contribution in [0.1, 0.15) is 0 Å². The van der Waals surface area contributed by atoms with Crippen molar-refractivity contribution in [1.29, 1.82) is 0 Å². The number of hydrogen-bond donors (Lipinski definition) is 3. The van der Waals surface area contributed by atoms with E-state index in [4.69, 9.17) is 14.6 Å². The summed E-state index contributed by atoms with van der Waals surface area (Å²) in [5.74, 6) is 2.07. The number of rotatable bonds is 6. The summed E-state index contributed by atoms with van der Waals surface area (Å²) in [6.07, 6.45) is 1.43. The molecule has 3 N–H and O–H groups in total. The second-order valence-electron chi connectivity index (χ2n) is 6.15. The molecule has 1 atom stereocenters. The molecule has 1 aliphatic rings. The molecule has 0 amide bonds. The predicted octanol–water partition coefficient (Wildman–Crippen LogP) is 2.70. The van der Waals surface area contributed by atoms with Gasteiger partial charge in [0.15, 0.2) is 11.5 Å². The van der Waals surface area contributed by atoms with E-state index in [1.807, 2.05) is 30.3 Å². The molecule has 2 aromatic carbocycles. The Morgan fingerprint density at radius 2 is 2.11 bits per heavy atom. The van der Waals surface area contributed by atoms with Crippen LogP contribution >= 0.6 is 22.6 Å². The monoisotopic (exact) mass is 478 g/mol. The normalized spacial score (nSPS) is 15.7. The van der Waals surface area contributed by atoms with Gasteiger partial charge in [0, 0.05) is 33.8 Å². The number of anilines is 2. The minimum absolute atomic E-state index is 0.0968. The summed E-state index contributed by atoms with van der Waals surface area (Å²) in [6.45, 7) is 1.69. The van der Waals surface area contributed by atoms with E-state index in [-0.39, 0.29) is 12.7 Å². The Kier molecular flexibility index (Phi) is 5.55. The first-order chi connectivity index (χ1) is 13.2. The molecule has 27 heavy (non-hydrogen) atoms. The number of nitrogens with zero attached hydrogens (tertiary/aromatic N) is 2. The first-order valence-electron chi connectivity index (χ1n) is 8.65. The third-order valence-electron chi connectivity index (χ3n) is 4.17. The molecule has 0 radical (unpaired) electrons. The molecule has 0 bridgehead atoms. The van der Waals surface area contributed by atoms with Crippen molar-refractivity contribution in [2.24, 2.45) is 0 Å². The lowest BCUT2D eigenvalue weighted by Crippen LogP contribution is -2.39. The van der Waals surface area contributed by atoms with E-state index in [9.17, 15) is 0 Å². The molecule has 0 spiro atoms. The molecule has 1 aromatic heterocycles. The molecule has 0 saturated heterocycles. The van der Waals surface area contributed by atoms with Gasteiger partial charge in [-0.2, -0.15) is 0 Å². The Bertz CT molecular complexity index is 953. The van der Waals surface area contributed by atoms with Crippen molar-refractivity contribution in [3.63, 3.8) is 0 Å². The summed E-state index contributed by atoms with van der Waals surface area (Å²) in [5, 5.41) is 16.2. The maximum Gasteiger partial charge on any atom is 0.163 e. The zero-order valence-electron chi connectivity index (χ0n) is 14.5. The standard InChI is InChI=1S/C19H19IN4O3/c20-12-2-1-3-13(6-12)24-19-15-7-18-17(8-16(15)22-11-23-19)26-10-14(27-18)9-21-4-5-25/h1-3,6-8,11,14,21,25H,4-5,9-10H2,(H,22,23,24). The zero-order valence-corrected chi connectivity index (χ0v) is 16.6. The van der Waals surface area contributed by atoms with Gasteiger partial charge in [-0.1, -0.05) is 6.07 Å². The molecular weight excluding hydrogens is 459 g/mol. The smallest absolute Gasteiger partial charge is 0.163 e. The van der Waals surface area contributed by atoms with Crippen molar-refractivity contribution in [2.75, 3.05) is 31.6 Å². The van der Waals surface area contributed by atoms with E-state index in [1.165, 1.54) is 6.33 Å². The molecule has 8 heteroatoms. The Morgan fingerprint density at radius 3 is 2.96 bits per heavy atom. The van der Waals surface area contributed by atoms with Gasteiger partial charge >= 0.3 is 0 Å². The third-order valence-corrected chi connectivity index (χ3v) is 4.84. The highest BCUT2D eigenvalue weighted by atomic mass is 127. The zero-order chi connectivity index (χ0) is 18.6. The van der Waals surface area contributed by atoms with Gasteiger partial charge in [0.05, 0.1) is 12.1 Å². The molecule has 7 nitrogen and oxygen atoms in total. The van der Waals surface area contributed by atoms with Gasteiger partial charge in [0.2, 0.25) is 0 Å². The van der Waals surface area contributed by atoms with Gasteiger partial charge < -0.3 is 25.2 Å². The van der Waals surface area contributed by atoms with Gasteiger partial charge in [-0.3, -0.25) is 0 Å². The largest absolute Gasteiger partial charge is 0.486 e. The Labute approximate surface area is 170 Å². The maximum atomic E-state index is 8.88. The fourth-order valence-electron chi connectivity index (χ4n) is 2.91. The molecule has 0 saturated carbocycles. The summed E-state index contributed by atoms with van der Waals surface area (Å²) in [5.41, 5.74) is 1.75. The van der Waals surface area contributed by atoms with Crippen LogP contribution in [0.5, 0.6) is 11.5 Å². The summed E-state index contributed by atoms with van der Waals surface area (Å²) in [6, 6.07) is 11.9. The van der Waals surface area contributed by atoms with Crippen LogP contribution in [0.3, 0.4) is 0 Å². The summed E-state index contributed by atoms with van der Waals surface area (Å²) < 4.78 is 13.0. The molecule has 1 aliphatic heterocycles. The average molecular weight is 478 g/mol. The number of aliphatic hydroxyl groups excluding tert-OH is 1. The van der Waals surface area contributed by atoms with Gasteiger partial charge in [-0.15, -0.1) is 0 Å². The molecule has 1 unspecified atom stereocenters. The second kappa shape index (κ2) is 8.24. The number of fused-ring (bicyclic) bond motifs is 2. The topological polar surface area (TPSA) is 88.5 Å². The second-order valence-corrected chi connectivity index (χ2v) is 7.40.